The van der Waals surface area contributed by atoms with Gasteiger partial charge in [-0.25, -0.2) is 0 Å². The van der Waals surface area contributed by atoms with Gasteiger partial charge in [0.05, 0.1) is 6.42 Å². The van der Waals surface area contributed by atoms with Crippen molar-refractivity contribution in [2.45, 2.75) is 39.7 Å². The molecule has 0 aromatic rings. The Morgan fingerprint density at radius 3 is 2.31 bits per heavy atom. The average molecular weight is 230 g/mol. The second-order valence-corrected chi connectivity index (χ2v) is 3.77. The first-order valence-electron chi connectivity index (χ1n) is 5.74. The number of amides is 1. The van der Waals surface area contributed by atoms with Crippen LogP contribution in [0.1, 0.15) is 33.6 Å². The zero-order valence-electron chi connectivity index (χ0n) is 10.3. The Balaban J connectivity index is 3.72. The molecule has 1 atom stereocenters. The summed E-state index contributed by atoms with van der Waals surface area (Å²) in [4.78, 5) is 23.7. The predicted molar refractivity (Wildman–Crippen MR) is 62.3 cm³/mol. The van der Waals surface area contributed by atoms with Crippen LogP contribution in [-0.4, -0.2) is 47.6 Å². The van der Waals surface area contributed by atoms with Crippen molar-refractivity contribution in [2.24, 2.45) is 0 Å². The van der Waals surface area contributed by atoms with E-state index in [1.807, 2.05) is 13.8 Å². The van der Waals surface area contributed by atoms with Crippen LogP contribution in [0.25, 0.3) is 0 Å². The molecule has 0 aliphatic heterocycles. The summed E-state index contributed by atoms with van der Waals surface area (Å²) in [5, 5.41) is 11.6. The molecule has 0 saturated heterocycles. The number of hydrogen-bond donors (Lipinski definition) is 2. The zero-order chi connectivity index (χ0) is 12.6. The number of carboxylic acids is 1. The molecule has 94 valence electrons. The van der Waals surface area contributed by atoms with Crippen molar-refractivity contribution in [3.8, 4) is 0 Å². The van der Waals surface area contributed by atoms with Crippen LogP contribution in [0.4, 0.5) is 0 Å². The van der Waals surface area contributed by atoms with Crippen molar-refractivity contribution in [2.75, 3.05) is 19.6 Å². The maximum Gasteiger partial charge on any atom is 0.304 e. The molecule has 0 aromatic heterocycles. The van der Waals surface area contributed by atoms with Crippen LogP contribution < -0.4 is 5.32 Å². The van der Waals surface area contributed by atoms with Gasteiger partial charge in [-0.3, -0.25) is 9.59 Å². The molecule has 0 fully saturated rings. The van der Waals surface area contributed by atoms with Gasteiger partial charge in [-0.05, 0) is 20.8 Å². The lowest BCUT2D eigenvalue weighted by Gasteiger charge is -2.19. The van der Waals surface area contributed by atoms with E-state index in [4.69, 9.17) is 5.11 Å². The van der Waals surface area contributed by atoms with E-state index in [1.54, 1.807) is 11.8 Å². The van der Waals surface area contributed by atoms with Crippen LogP contribution in [-0.2, 0) is 9.59 Å². The average Bonchev–Trinajstić information content (AvgIpc) is 2.18. The number of rotatable bonds is 8. The van der Waals surface area contributed by atoms with E-state index in [-0.39, 0.29) is 18.4 Å². The molecule has 0 heterocycles. The standard InChI is InChI=1S/C11H22N2O3/c1-4-13(5-2)10(14)6-7-12-9(3)8-11(15)16/h9,12H,4-8H2,1-3H3,(H,15,16). The molecule has 0 rings (SSSR count). The van der Waals surface area contributed by atoms with Gasteiger partial charge < -0.3 is 15.3 Å². The molecule has 5 nitrogen and oxygen atoms in total. The smallest absolute Gasteiger partial charge is 0.304 e. The van der Waals surface area contributed by atoms with Gasteiger partial charge in [0, 0.05) is 32.1 Å². The summed E-state index contributed by atoms with van der Waals surface area (Å²) < 4.78 is 0. The van der Waals surface area contributed by atoms with E-state index < -0.39 is 5.97 Å². The lowest BCUT2D eigenvalue weighted by molar-refractivity contribution is -0.137. The zero-order valence-corrected chi connectivity index (χ0v) is 10.3. The number of aliphatic carboxylic acids is 1. The molecule has 0 spiro atoms. The van der Waals surface area contributed by atoms with Crippen molar-refractivity contribution in [1.82, 2.24) is 10.2 Å². The van der Waals surface area contributed by atoms with Crippen LogP contribution in [0.3, 0.4) is 0 Å². The minimum absolute atomic E-state index is 0.0828. The molecule has 5 heteroatoms. The van der Waals surface area contributed by atoms with Gasteiger partial charge >= 0.3 is 5.97 Å². The van der Waals surface area contributed by atoms with E-state index >= 15 is 0 Å². The second kappa shape index (κ2) is 8.10. The molecule has 1 unspecified atom stereocenters. The fourth-order valence-electron chi connectivity index (χ4n) is 1.49. The monoisotopic (exact) mass is 230 g/mol. The van der Waals surface area contributed by atoms with Crippen molar-refractivity contribution < 1.29 is 14.7 Å². The summed E-state index contributed by atoms with van der Waals surface area (Å²) in [6.45, 7) is 7.67. The van der Waals surface area contributed by atoms with Crippen LogP contribution in [0.5, 0.6) is 0 Å². The summed E-state index contributed by atoms with van der Waals surface area (Å²) in [5.74, 6) is -0.713. The Morgan fingerprint density at radius 2 is 1.88 bits per heavy atom. The number of carbonyl (C=O) groups excluding carboxylic acids is 1. The third-order valence-electron chi connectivity index (χ3n) is 2.43. The predicted octanol–water partition coefficient (Wildman–Crippen LogP) is 0.698. The highest BCUT2D eigenvalue weighted by atomic mass is 16.4. The molecule has 0 bridgehead atoms. The molecule has 16 heavy (non-hydrogen) atoms. The SMILES string of the molecule is CCN(CC)C(=O)CCNC(C)CC(=O)O. The van der Waals surface area contributed by atoms with Gasteiger partial charge in [-0.15, -0.1) is 0 Å². The first-order valence-corrected chi connectivity index (χ1v) is 5.74. The minimum Gasteiger partial charge on any atom is -0.481 e. The Bertz CT molecular complexity index is 227. The molecule has 0 saturated carbocycles. The minimum atomic E-state index is -0.824. The Hall–Kier alpha value is -1.10. The third kappa shape index (κ3) is 6.40. The summed E-state index contributed by atoms with van der Waals surface area (Å²) in [7, 11) is 0. The van der Waals surface area contributed by atoms with Crippen molar-refractivity contribution in [3.63, 3.8) is 0 Å². The van der Waals surface area contributed by atoms with Crippen molar-refractivity contribution >= 4 is 11.9 Å². The molecule has 2 N–H and O–H groups in total. The van der Waals surface area contributed by atoms with Crippen LogP contribution in [0.15, 0.2) is 0 Å². The van der Waals surface area contributed by atoms with E-state index in [1.165, 1.54) is 0 Å². The number of nitrogens with zero attached hydrogens (tertiary/aromatic N) is 1. The second-order valence-electron chi connectivity index (χ2n) is 3.77. The molecule has 0 aromatic carbocycles. The lowest BCUT2D eigenvalue weighted by atomic mass is 10.2. The molecule has 0 radical (unpaired) electrons. The first kappa shape index (κ1) is 14.9. The summed E-state index contributed by atoms with van der Waals surface area (Å²) in [6, 6.07) is -0.0954. The number of carboxylic acid groups (broad SMARTS) is 1. The van der Waals surface area contributed by atoms with Gasteiger partial charge in [-0.2, -0.15) is 0 Å². The Labute approximate surface area is 96.8 Å². The fraction of sp³-hybridized carbons (Fsp3) is 0.818. The number of carbonyl (C=O) groups is 2. The quantitative estimate of drug-likeness (QED) is 0.644. The topological polar surface area (TPSA) is 69.6 Å². The van der Waals surface area contributed by atoms with Crippen LogP contribution in [0, 0.1) is 0 Å². The van der Waals surface area contributed by atoms with Crippen molar-refractivity contribution in [3.05, 3.63) is 0 Å². The van der Waals surface area contributed by atoms with Crippen LogP contribution in [0.2, 0.25) is 0 Å². The molecular weight excluding hydrogens is 208 g/mol. The Kier molecular flexibility index (Phi) is 7.54. The summed E-state index contributed by atoms with van der Waals surface area (Å²) in [5.41, 5.74) is 0. The third-order valence-corrected chi connectivity index (χ3v) is 2.43. The van der Waals surface area contributed by atoms with E-state index in [9.17, 15) is 9.59 Å². The van der Waals surface area contributed by atoms with Gasteiger partial charge in [0.1, 0.15) is 0 Å². The number of nitrogens with one attached hydrogen (secondary N) is 1. The van der Waals surface area contributed by atoms with Gasteiger partial charge in [-0.1, -0.05) is 0 Å². The normalized spacial score (nSPS) is 12.2. The summed E-state index contributed by atoms with van der Waals surface area (Å²) in [6.07, 6.45) is 0.505. The fourth-order valence-corrected chi connectivity index (χ4v) is 1.49. The summed E-state index contributed by atoms with van der Waals surface area (Å²) >= 11 is 0. The van der Waals surface area contributed by atoms with E-state index in [2.05, 4.69) is 5.32 Å². The molecule has 0 aliphatic carbocycles. The molecular formula is C11H22N2O3. The van der Waals surface area contributed by atoms with Gasteiger partial charge in [0.15, 0.2) is 0 Å². The Morgan fingerprint density at radius 1 is 1.31 bits per heavy atom. The highest BCUT2D eigenvalue weighted by Crippen LogP contribution is 1.95. The van der Waals surface area contributed by atoms with E-state index in [0.29, 0.717) is 13.0 Å². The largest absolute Gasteiger partial charge is 0.481 e. The van der Waals surface area contributed by atoms with Crippen molar-refractivity contribution in [1.29, 1.82) is 0 Å². The maximum absolute atomic E-state index is 11.6. The van der Waals surface area contributed by atoms with E-state index in [0.717, 1.165) is 13.1 Å². The highest BCUT2D eigenvalue weighted by Gasteiger charge is 2.10. The maximum atomic E-state index is 11.6. The lowest BCUT2D eigenvalue weighted by Crippen LogP contribution is -2.35. The highest BCUT2D eigenvalue weighted by molar-refractivity contribution is 5.76. The first-order chi connectivity index (χ1) is 7.51. The van der Waals surface area contributed by atoms with Gasteiger partial charge in [0.25, 0.3) is 0 Å². The molecule has 1 amide bonds. The molecule has 0 aliphatic rings. The van der Waals surface area contributed by atoms with Crippen LogP contribution >= 0.6 is 0 Å². The van der Waals surface area contributed by atoms with Gasteiger partial charge in [0.2, 0.25) is 5.91 Å². The number of hydrogen-bond acceptors (Lipinski definition) is 3.